The highest BCUT2D eigenvalue weighted by molar-refractivity contribution is 6.35. The molecule has 2 atom stereocenters. The third-order valence-electron chi connectivity index (χ3n) is 4.65. The lowest BCUT2D eigenvalue weighted by molar-refractivity contribution is -0.140. The Morgan fingerprint density at radius 2 is 1.76 bits per heavy atom. The Kier molecular flexibility index (Phi) is 5.45. The maximum Gasteiger partial charge on any atom is 0.233 e. The molecule has 2 aliphatic rings. The van der Waals surface area contributed by atoms with E-state index in [2.05, 4.69) is 5.32 Å². The molecule has 3 amide bonds. The largest absolute Gasteiger partial charge is 0.352 e. The molecule has 0 spiro atoms. The number of hydrogen-bond acceptors (Lipinski definition) is 3. The normalized spacial score (nSPS) is 22.2. The van der Waals surface area contributed by atoms with Crippen LogP contribution in [0.5, 0.6) is 0 Å². The van der Waals surface area contributed by atoms with Gasteiger partial charge in [0.1, 0.15) is 0 Å². The molecule has 132 valence electrons. The fourth-order valence-corrected chi connectivity index (χ4v) is 3.73. The first kappa shape index (κ1) is 18.0. The zero-order valence-electron chi connectivity index (χ0n) is 13.5. The van der Waals surface area contributed by atoms with Gasteiger partial charge in [-0.2, -0.15) is 0 Å². The molecule has 3 rings (SSSR count). The van der Waals surface area contributed by atoms with Crippen molar-refractivity contribution < 1.29 is 14.4 Å². The lowest BCUT2D eigenvalue weighted by atomic mass is 9.85. The molecule has 1 N–H and O–H groups in total. The predicted octanol–water partition coefficient (Wildman–Crippen LogP) is 2.95. The summed E-state index contributed by atoms with van der Waals surface area (Å²) in [5.74, 6) is -1.07. The molecule has 5 nitrogen and oxygen atoms in total. The van der Waals surface area contributed by atoms with Gasteiger partial charge >= 0.3 is 0 Å². The standard InChI is InChI=1S/C18H18Cl2N2O3/c19-12-6-5-11(15(20)9-12)10-21-16(23)7-8-22-17(24)13-3-1-2-4-14(13)18(22)25/h1-2,5-6,9,13-14H,3-4,7-8,10H2,(H,21,23)/t13-,14+. The smallest absolute Gasteiger partial charge is 0.233 e. The van der Waals surface area contributed by atoms with Crippen LogP contribution in [0.3, 0.4) is 0 Å². The summed E-state index contributed by atoms with van der Waals surface area (Å²) in [5, 5.41) is 3.76. The Bertz CT molecular complexity index is 722. The molecule has 0 radical (unpaired) electrons. The zero-order valence-corrected chi connectivity index (χ0v) is 15.0. The number of rotatable bonds is 5. The van der Waals surface area contributed by atoms with Crippen LogP contribution in [0.25, 0.3) is 0 Å². The van der Waals surface area contributed by atoms with E-state index in [1.54, 1.807) is 18.2 Å². The SMILES string of the molecule is O=C(CCN1C(=O)[C@H]2CC=CC[C@H]2C1=O)NCc1ccc(Cl)cc1Cl. The van der Waals surface area contributed by atoms with Crippen molar-refractivity contribution in [3.8, 4) is 0 Å². The summed E-state index contributed by atoms with van der Waals surface area (Å²) in [5.41, 5.74) is 0.754. The van der Waals surface area contributed by atoms with Gasteiger partial charge in [-0.3, -0.25) is 19.3 Å². The number of allylic oxidation sites excluding steroid dienone is 2. The molecule has 1 saturated heterocycles. The highest BCUT2D eigenvalue weighted by atomic mass is 35.5. The molecule has 1 aliphatic carbocycles. The van der Waals surface area contributed by atoms with E-state index in [0.717, 1.165) is 5.56 Å². The Labute approximate surface area is 156 Å². The summed E-state index contributed by atoms with van der Waals surface area (Å²) in [6, 6.07) is 5.06. The maximum absolute atomic E-state index is 12.3. The minimum absolute atomic E-state index is 0.0789. The Balaban J connectivity index is 1.51. The molecule has 0 bridgehead atoms. The van der Waals surface area contributed by atoms with E-state index in [-0.39, 0.29) is 49.1 Å². The Morgan fingerprint density at radius 1 is 1.12 bits per heavy atom. The fraction of sp³-hybridized carbons (Fsp3) is 0.389. The molecule has 7 heteroatoms. The Morgan fingerprint density at radius 3 is 2.36 bits per heavy atom. The molecule has 25 heavy (non-hydrogen) atoms. The van der Waals surface area contributed by atoms with Crippen LogP contribution < -0.4 is 5.32 Å². The van der Waals surface area contributed by atoms with Crippen LogP contribution in [0.4, 0.5) is 0 Å². The average molecular weight is 381 g/mol. The minimum Gasteiger partial charge on any atom is -0.352 e. The summed E-state index contributed by atoms with van der Waals surface area (Å²) >= 11 is 11.9. The highest BCUT2D eigenvalue weighted by Gasteiger charge is 2.46. The van der Waals surface area contributed by atoms with Gasteiger partial charge in [-0.25, -0.2) is 0 Å². The van der Waals surface area contributed by atoms with E-state index in [9.17, 15) is 14.4 Å². The van der Waals surface area contributed by atoms with E-state index in [0.29, 0.717) is 22.9 Å². The number of benzene rings is 1. The molecule has 1 heterocycles. The van der Waals surface area contributed by atoms with Crippen LogP contribution in [0, 0.1) is 11.8 Å². The number of carbonyl (C=O) groups excluding carboxylic acids is 3. The van der Waals surface area contributed by atoms with E-state index in [1.807, 2.05) is 12.2 Å². The van der Waals surface area contributed by atoms with Gasteiger partial charge in [0.25, 0.3) is 0 Å². The molecule has 1 fully saturated rings. The first-order chi connectivity index (χ1) is 12.0. The molecule has 1 aliphatic heterocycles. The summed E-state index contributed by atoms with van der Waals surface area (Å²) < 4.78 is 0. The second kappa shape index (κ2) is 7.58. The van der Waals surface area contributed by atoms with Crippen LogP contribution >= 0.6 is 23.2 Å². The quantitative estimate of drug-likeness (QED) is 0.630. The lowest BCUT2D eigenvalue weighted by Gasteiger charge is -2.14. The first-order valence-electron chi connectivity index (χ1n) is 8.18. The third-order valence-corrected chi connectivity index (χ3v) is 5.24. The lowest BCUT2D eigenvalue weighted by Crippen LogP contribution is -2.35. The number of amides is 3. The van der Waals surface area contributed by atoms with E-state index in [4.69, 9.17) is 23.2 Å². The van der Waals surface area contributed by atoms with Crippen molar-refractivity contribution >= 4 is 40.9 Å². The predicted molar refractivity (Wildman–Crippen MR) is 95.0 cm³/mol. The number of hydrogen-bond donors (Lipinski definition) is 1. The molecule has 1 aromatic carbocycles. The van der Waals surface area contributed by atoms with Crippen LogP contribution in [0.15, 0.2) is 30.4 Å². The Hall–Kier alpha value is -1.85. The summed E-state index contributed by atoms with van der Waals surface area (Å²) in [4.78, 5) is 37.9. The zero-order chi connectivity index (χ0) is 18.0. The summed E-state index contributed by atoms with van der Waals surface area (Å²) in [6.45, 7) is 0.386. The number of nitrogens with one attached hydrogen (secondary N) is 1. The first-order valence-corrected chi connectivity index (χ1v) is 8.94. The third kappa shape index (κ3) is 3.88. The van der Waals surface area contributed by atoms with Crippen molar-refractivity contribution in [2.24, 2.45) is 11.8 Å². The van der Waals surface area contributed by atoms with Gasteiger partial charge in [0, 0.05) is 29.6 Å². The topological polar surface area (TPSA) is 66.5 Å². The van der Waals surface area contributed by atoms with Crippen molar-refractivity contribution in [2.45, 2.75) is 25.8 Å². The second-order valence-corrected chi connectivity index (χ2v) is 7.09. The fourth-order valence-electron chi connectivity index (χ4n) is 3.25. The van der Waals surface area contributed by atoms with Crippen molar-refractivity contribution in [2.75, 3.05) is 6.54 Å². The van der Waals surface area contributed by atoms with E-state index < -0.39 is 0 Å². The number of fused-ring (bicyclic) bond motifs is 1. The van der Waals surface area contributed by atoms with Gasteiger partial charge in [-0.05, 0) is 30.5 Å². The highest BCUT2D eigenvalue weighted by Crippen LogP contribution is 2.35. The molecule has 0 aromatic heterocycles. The number of nitrogens with zero attached hydrogens (tertiary/aromatic N) is 1. The number of halogens is 2. The molecule has 1 aromatic rings. The second-order valence-electron chi connectivity index (χ2n) is 6.25. The van der Waals surface area contributed by atoms with Crippen LogP contribution in [0.1, 0.15) is 24.8 Å². The summed E-state index contributed by atoms with van der Waals surface area (Å²) in [6.07, 6.45) is 5.17. The van der Waals surface area contributed by atoms with Crippen molar-refractivity contribution in [1.82, 2.24) is 10.2 Å². The van der Waals surface area contributed by atoms with Gasteiger partial charge in [0.2, 0.25) is 17.7 Å². The van der Waals surface area contributed by atoms with Gasteiger partial charge in [-0.1, -0.05) is 41.4 Å². The number of carbonyl (C=O) groups is 3. The monoisotopic (exact) mass is 380 g/mol. The van der Waals surface area contributed by atoms with Gasteiger partial charge < -0.3 is 5.32 Å². The van der Waals surface area contributed by atoms with Crippen molar-refractivity contribution in [3.63, 3.8) is 0 Å². The molecular weight excluding hydrogens is 363 g/mol. The molecule has 0 saturated carbocycles. The van der Waals surface area contributed by atoms with Gasteiger partial charge in [0.15, 0.2) is 0 Å². The van der Waals surface area contributed by atoms with E-state index >= 15 is 0 Å². The van der Waals surface area contributed by atoms with Crippen molar-refractivity contribution in [1.29, 1.82) is 0 Å². The van der Waals surface area contributed by atoms with Gasteiger partial charge in [0.05, 0.1) is 11.8 Å². The average Bonchev–Trinajstić information content (AvgIpc) is 2.84. The number of likely N-dealkylation sites (tertiary alicyclic amines) is 1. The minimum atomic E-state index is -0.256. The van der Waals surface area contributed by atoms with Crippen LogP contribution in [-0.2, 0) is 20.9 Å². The number of imide groups is 1. The summed E-state index contributed by atoms with van der Waals surface area (Å²) in [7, 11) is 0. The molecular formula is C18H18Cl2N2O3. The van der Waals surface area contributed by atoms with Crippen molar-refractivity contribution in [3.05, 3.63) is 46.0 Å². The molecule has 0 unspecified atom stereocenters. The van der Waals surface area contributed by atoms with E-state index in [1.165, 1.54) is 4.90 Å². The van der Waals surface area contributed by atoms with Crippen LogP contribution in [0.2, 0.25) is 10.0 Å². The maximum atomic E-state index is 12.3. The van der Waals surface area contributed by atoms with Gasteiger partial charge in [-0.15, -0.1) is 0 Å². The van der Waals surface area contributed by atoms with Crippen LogP contribution in [-0.4, -0.2) is 29.2 Å².